The van der Waals surface area contributed by atoms with E-state index in [4.69, 9.17) is 0 Å². The maximum absolute atomic E-state index is 9.61. The molecule has 1 aliphatic carbocycles. The summed E-state index contributed by atoms with van der Waals surface area (Å²) in [4.78, 5) is 2.65. The molecule has 1 saturated heterocycles. The molecule has 2 aliphatic rings. The van der Waals surface area contributed by atoms with E-state index in [1.807, 2.05) is 6.07 Å². The van der Waals surface area contributed by atoms with Gasteiger partial charge in [-0.3, -0.25) is 4.90 Å². The Morgan fingerprint density at radius 2 is 0.520 bits per heavy atom. The van der Waals surface area contributed by atoms with E-state index in [9.17, 15) is 5.26 Å². The molecule has 2 bridgehead atoms. The second-order valence-corrected chi connectivity index (χ2v) is 34.7. The van der Waals surface area contributed by atoms with Crippen molar-refractivity contribution in [3.63, 3.8) is 0 Å². The first kappa shape index (κ1) is 74.1. The summed E-state index contributed by atoms with van der Waals surface area (Å²) in [6, 6.07) is 149. The van der Waals surface area contributed by atoms with E-state index < -0.39 is 31.7 Å². The zero-order chi connectivity index (χ0) is 69.3. The van der Waals surface area contributed by atoms with Gasteiger partial charge in [-0.1, -0.05) is 427 Å². The predicted molar refractivity (Wildman–Crippen MR) is 442 cm³/mol. The van der Waals surface area contributed by atoms with Crippen LogP contribution < -0.4 is 63.7 Å². The SMILES string of the molecule is CC12CCN(Cc3ccccc3)C(Cc3c(C#N)cccc31)C2(C)C.[Pd].c1ccc(P(c2ccccc2)c2ccccc2)cc1.c1ccc(P(c2ccccc2)c2ccccc2)cc1.c1ccc(P(c2ccccc2)c2ccccc2)cc1.c1ccc(P(c2ccccc2)c2ccccc2)cc1. The maximum atomic E-state index is 9.61. The van der Waals surface area contributed by atoms with Gasteiger partial charge in [-0.25, -0.2) is 0 Å². The van der Waals surface area contributed by atoms with Gasteiger partial charge in [0, 0.05) is 38.4 Å². The minimum absolute atomic E-state index is 0. The molecule has 2 nitrogen and oxygen atoms in total. The van der Waals surface area contributed by atoms with Crippen molar-refractivity contribution in [2.24, 2.45) is 5.41 Å². The summed E-state index contributed by atoms with van der Waals surface area (Å²) in [6.07, 6.45) is 2.12. The van der Waals surface area contributed by atoms with Crippen LogP contribution in [0.4, 0.5) is 0 Å². The third-order valence-corrected chi connectivity index (χ3v) is 29.1. The van der Waals surface area contributed by atoms with Crippen molar-refractivity contribution in [2.75, 3.05) is 6.54 Å². The normalized spacial score (nSPS) is 14.6. The predicted octanol–water partition coefficient (Wildman–Crippen LogP) is 18.4. The van der Waals surface area contributed by atoms with Gasteiger partial charge in [0.25, 0.3) is 0 Å². The van der Waals surface area contributed by atoms with Crippen LogP contribution in [0.25, 0.3) is 0 Å². The van der Waals surface area contributed by atoms with Crippen LogP contribution in [0.1, 0.15) is 49.4 Å². The molecule has 0 radical (unpaired) electrons. The first-order chi connectivity index (χ1) is 49.8. The standard InChI is InChI=1S/C23H26N2.4C18H15P.Pd/c1-22(2)21-14-19-18(15-24)10-7-11-20(19)23(22,3)12-13-25(21)16-17-8-5-4-6-9-17;4*1-4-10-16(11-5-1)19(17-12-6-2-7-13-17)18-14-8-3-9-15-18;/h4-11,21H,12-14,16H2,1-3H3;4*1-15H;. The van der Waals surface area contributed by atoms with Crippen LogP contribution in [0, 0.1) is 16.7 Å². The number of benzene rings is 14. The molecule has 16 rings (SSSR count). The average Bonchev–Trinajstić information content (AvgIpc) is 0.706. The molecule has 2 atom stereocenters. The number of rotatable bonds is 14. The fourth-order valence-corrected chi connectivity index (χ4v) is 23.1. The topological polar surface area (TPSA) is 27.0 Å². The molecule has 1 aliphatic heterocycles. The second kappa shape index (κ2) is 37.7. The number of hydrogen-bond acceptors (Lipinski definition) is 2. The van der Waals surface area contributed by atoms with Crippen LogP contribution in [0.2, 0.25) is 0 Å². The number of piperidine rings is 1. The molecule has 2 unspecified atom stereocenters. The number of hydrogen-bond donors (Lipinski definition) is 0. The number of likely N-dealkylation sites (tertiary alicyclic amines) is 1. The summed E-state index contributed by atoms with van der Waals surface area (Å²) in [5, 5.41) is 26.4. The summed E-state index contributed by atoms with van der Waals surface area (Å²) < 4.78 is 0. The number of nitriles is 1. The molecule has 14 aromatic carbocycles. The Morgan fingerprint density at radius 1 is 0.304 bits per heavy atom. The van der Waals surface area contributed by atoms with Crippen molar-refractivity contribution >= 4 is 95.3 Å². The van der Waals surface area contributed by atoms with Crippen LogP contribution in [0.15, 0.2) is 413 Å². The molecule has 0 N–H and O–H groups in total. The molecule has 7 heteroatoms. The third kappa shape index (κ3) is 18.8. The van der Waals surface area contributed by atoms with Crippen molar-refractivity contribution in [3.05, 3.63) is 435 Å². The van der Waals surface area contributed by atoms with Crippen molar-refractivity contribution in [2.45, 2.75) is 51.6 Å². The molecule has 102 heavy (non-hydrogen) atoms. The Kier molecular flexibility index (Phi) is 27.4. The summed E-state index contributed by atoms with van der Waals surface area (Å²) >= 11 is 0. The van der Waals surface area contributed by atoms with Gasteiger partial charge in [0.05, 0.1) is 11.6 Å². The number of nitrogens with zero attached hydrogens (tertiary/aromatic N) is 2. The molecule has 1 heterocycles. The summed E-state index contributed by atoms with van der Waals surface area (Å²) in [7, 11) is -1.78. The van der Waals surface area contributed by atoms with E-state index in [0.717, 1.165) is 31.5 Å². The Hall–Kier alpha value is -9.09. The summed E-state index contributed by atoms with van der Waals surface area (Å²) in [5.74, 6) is 0. The van der Waals surface area contributed by atoms with Crippen molar-refractivity contribution in [3.8, 4) is 6.07 Å². The van der Waals surface area contributed by atoms with Crippen molar-refractivity contribution in [1.29, 1.82) is 5.26 Å². The average molecular weight is 1490 g/mol. The van der Waals surface area contributed by atoms with Crippen LogP contribution in [-0.2, 0) is 38.8 Å². The zero-order valence-corrected chi connectivity index (χ0v) is 63.3. The van der Waals surface area contributed by atoms with Crippen LogP contribution in [-0.4, -0.2) is 17.5 Å². The van der Waals surface area contributed by atoms with Gasteiger partial charge in [-0.15, -0.1) is 0 Å². The zero-order valence-electron chi connectivity index (χ0n) is 58.2. The van der Waals surface area contributed by atoms with Gasteiger partial charge >= 0.3 is 0 Å². The number of fused-ring (bicyclic) bond motifs is 4. The first-order valence-corrected chi connectivity index (χ1v) is 40.3. The monoisotopic (exact) mass is 1480 g/mol. The van der Waals surface area contributed by atoms with Crippen molar-refractivity contribution in [1.82, 2.24) is 4.90 Å². The minimum Gasteiger partial charge on any atom is -0.295 e. The fourth-order valence-electron chi connectivity index (χ4n) is 13.9. The first-order valence-electron chi connectivity index (χ1n) is 34.9. The second-order valence-electron chi connectivity index (χ2n) is 25.8. The Bertz CT molecular complexity index is 3900. The summed E-state index contributed by atoms with van der Waals surface area (Å²) in [6.45, 7) is 9.39. The van der Waals surface area contributed by atoms with E-state index in [1.54, 1.807) is 0 Å². The Labute approximate surface area is 625 Å². The van der Waals surface area contributed by atoms with Crippen molar-refractivity contribution < 1.29 is 20.4 Å². The Balaban J connectivity index is 0.000000128. The smallest absolute Gasteiger partial charge is 0.0994 e. The molecular weight excluding hydrogens is 1400 g/mol. The quantitative estimate of drug-likeness (QED) is 0.0801. The molecule has 0 amide bonds. The molecule has 506 valence electrons. The molecular formula is C95H86N2P4Pd. The summed E-state index contributed by atoms with van der Waals surface area (Å²) in [5.41, 5.74) is 5.25. The molecule has 1 fully saturated rings. The van der Waals surface area contributed by atoms with Gasteiger partial charge in [-0.2, -0.15) is 5.26 Å². The van der Waals surface area contributed by atoms with Crippen LogP contribution in [0.5, 0.6) is 0 Å². The van der Waals surface area contributed by atoms with E-state index >= 15 is 0 Å². The third-order valence-electron chi connectivity index (χ3n) is 19.3. The van der Waals surface area contributed by atoms with Crippen LogP contribution in [0.3, 0.4) is 0 Å². The van der Waals surface area contributed by atoms with Gasteiger partial charge in [0.2, 0.25) is 0 Å². The molecule has 0 saturated carbocycles. The Morgan fingerprint density at radius 3 is 0.735 bits per heavy atom. The van der Waals surface area contributed by atoms with Crippen LogP contribution >= 0.6 is 31.7 Å². The minimum atomic E-state index is -0.446. The molecule has 0 aromatic heterocycles. The molecule has 14 aromatic rings. The van der Waals surface area contributed by atoms with E-state index in [1.165, 1.54) is 80.3 Å². The van der Waals surface area contributed by atoms with Gasteiger partial charge < -0.3 is 0 Å². The van der Waals surface area contributed by atoms with Gasteiger partial charge in [-0.05, 0) is 143 Å². The largest absolute Gasteiger partial charge is 0.295 e. The maximum Gasteiger partial charge on any atom is 0.0994 e. The molecule has 0 spiro atoms. The van der Waals surface area contributed by atoms with Gasteiger partial charge in [0.15, 0.2) is 0 Å². The van der Waals surface area contributed by atoms with E-state index in [0.29, 0.717) is 6.04 Å². The van der Waals surface area contributed by atoms with E-state index in [-0.39, 0.29) is 31.3 Å². The van der Waals surface area contributed by atoms with Gasteiger partial charge in [0.1, 0.15) is 0 Å². The fraction of sp³-hybridized carbons (Fsp3) is 0.105. The van der Waals surface area contributed by atoms with E-state index in [2.05, 4.69) is 438 Å².